The van der Waals surface area contributed by atoms with Crippen molar-refractivity contribution in [1.82, 2.24) is 4.90 Å². The Morgan fingerprint density at radius 1 is 1.09 bits per heavy atom. The lowest BCUT2D eigenvalue weighted by Crippen LogP contribution is -2.63. The highest BCUT2D eigenvalue weighted by Gasteiger charge is 2.44. The van der Waals surface area contributed by atoms with Crippen molar-refractivity contribution in [3.63, 3.8) is 0 Å². The van der Waals surface area contributed by atoms with Gasteiger partial charge in [-0.2, -0.15) is 0 Å². The van der Waals surface area contributed by atoms with Crippen LogP contribution in [-0.2, 0) is 10.8 Å². The van der Waals surface area contributed by atoms with Gasteiger partial charge in [-0.05, 0) is 31.0 Å². The Kier molecular flexibility index (Phi) is 9.85. The number of piperidine rings is 1. The van der Waals surface area contributed by atoms with Crippen LogP contribution in [0.15, 0.2) is 12.1 Å². The van der Waals surface area contributed by atoms with E-state index in [1.165, 1.54) is 12.1 Å². The molecular weight excluding hydrogens is 448 g/mol. The predicted octanol–water partition coefficient (Wildman–Crippen LogP) is 3.47. The topological polar surface area (TPSA) is 82.4 Å². The van der Waals surface area contributed by atoms with Gasteiger partial charge in [0.05, 0.1) is 25.4 Å². The molecule has 4 atom stereocenters. The van der Waals surface area contributed by atoms with Crippen molar-refractivity contribution in [1.29, 1.82) is 0 Å². The standard InChI is InChI=1S/C24H41F2NO5Si/c1-7-8-11-31-16-12-18(25)17(19(26)13-16)9-10-27-14-21(28)23(30)22(29)20(27)15-32-33(5,6)24(2,3)4/h12-13,20-23,28-30H,7-11,14-15H2,1-6H3/t20-,21-,22+,23+/m0/s1. The van der Waals surface area contributed by atoms with Crippen LogP contribution in [0.1, 0.15) is 46.1 Å². The summed E-state index contributed by atoms with van der Waals surface area (Å²) in [6.07, 6.45) is -1.93. The van der Waals surface area contributed by atoms with Crippen molar-refractivity contribution in [2.24, 2.45) is 0 Å². The summed E-state index contributed by atoms with van der Waals surface area (Å²) in [6, 6.07) is 1.78. The van der Waals surface area contributed by atoms with Crippen LogP contribution in [0.4, 0.5) is 8.78 Å². The Bertz CT molecular complexity index is 751. The molecule has 0 saturated carbocycles. The third kappa shape index (κ3) is 7.19. The molecule has 0 aliphatic carbocycles. The normalized spacial score (nSPS) is 24.8. The van der Waals surface area contributed by atoms with Gasteiger partial charge in [-0.3, -0.25) is 4.90 Å². The summed E-state index contributed by atoms with van der Waals surface area (Å²) >= 11 is 0. The second kappa shape index (κ2) is 11.6. The molecule has 33 heavy (non-hydrogen) atoms. The van der Waals surface area contributed by atoms with E-state index in [0.29, 0.717) is 6.61 Å². The zero-order chi connectivity index (χ0) is 25.0. The number of aliphatic hydroxyl groups excluding tert-OH is 3. The predicted molar refractivity (Wildman–Crippen MR) is 127 cm³/mol. The number of ether oxygens (including phenoxy) is 1. The van der Waals surface area contributed by atoms with Gasteiger partial charge in [0.2, 0.25) is 0 Å². The van der Waals surface area contributed by atoms with E-state index in [-0.39, 0.29) is 42.5 Å². The lowest BCUT2D eigenvalue weighted by molar-refractivity contribution is -0.143. The van der Waals surface area contributed by atoms with Crippen molar-refractivity contribution < 1.29 is 33.3 Å². The molecule has 1 saturated heterocycles. The molecular formula is C24H41F2NO5Si. The number of rotatable bonds is 10. The van der Waals surface area contributed by atoms with Crippen molar-refractivity contribution in [3.8, 4) is 5.75 Å². The Balaban J connectivity index is 2.12. The van der Waals surface area contributed by atoms with Gasteiger partial charge in [0.15, 0.2) is 8.32 Å². The summed E-state index contributed by atoms with van der Waals surface area (Å²) in [5.74, 6) is -1.21. The van der Waals surface area contributed by atoms with E-state index in [1.54, 1.807) is 4.90 Å². The van der Waals surface area contributed by atoms with Gasteiger partial charge in [-0.15, -0.1) is 0 Å². The van der Waals surface area contributed by atoms with Crippen molar-refractivity contribution in [2.45, 2.75) is 89.4 Å². The SMILES string of the molecule is CCCCOc1cc(F)c(CCN2C[C@H](O)[C@@H](O)[C@H](O)[C@@H]2CO[Si](C)(C)C(C)(C)C)c(F)c1. The van der Waals surface area contributed by atoms with Crippen LogP contribution < -0.4 is 4.74 Å². The summed E-state index contributed by atoms with van der Waals surface area (Å²) in [5, 5.41) is 31.0. The van der Waals surface area contributed by atoms with E-state index in [4.69, 9.17) is 9.16 Å². The van der Waals surface area contributed by atoms with Gasteiger partial charge >= 0.3 is 0 Å². The number of hydrogen-bond acceptors (Lipinski definition) is 6. The lowest BCUT2D eigenvalue weighted by atomic mass is 9.93. The number of nitrogens with zero attached hydrogens (tertiary/aromatic N) is 1. The van der Waals surface area contributed by atoms with Crippen LogP contribution in [0.5, 0.6) is 5.75 Å². The van der Waals surface area contributed by atoms with Gasteiger partial charge in [-0.25, -0.2) is 8.78 Å². The average molecular weight is 490 g/mol. The third-order valence-corrected chi connectivity index (χ3v) is 11.5. The molecule has 1 aliphatic rings. The molecule has 190 valence electrons. The van der Waals surface area contributed by atoms with Crippen LogP contribution >= 0.6 is 0 Å². The number of likely N-dealkylation sites (tertiary alicyclic amines) is 1. The Labute approximate surface area is 197 Å². The molecule has 9 heteroatoms. The monoisotopic (exact) mass is 489 g/mol. The summed E-state index contributed by atoms with van der Waals surface area (Å²) in [7, 11) is -2.13. The highest BCUT2D eigenvalue weighted by atomic mass is 28.4. The fourth-order valence-electron chi connectivity index (χ4n) is 3.62. The van der Waals surface area contributed by atoms with Crippen LogP contribution in [-0.4, -0.2) is 79.2 Å². The minimum absolute atomic E-state index is 0.0389. The van der Waals surface area contributed by atoms with E-state index >= 15 is 0 Å². The maximum atomic E-state index is 14.6. The van der Waals surface area contributed by atoms with Crippen molar-refractivity contribution in [2.75, 3.05) is 26.3 Å². The summed E-state index contributed by atoms with van der Waals surface area (Å²) < 4.78 is 40.9. The Morgan fingerprint density at radius 3 is 2.24 bits per heavy atom. The molecule has 0 radical (unpaired) electrons. The molecule has 0 spiro atoms. The molecule has 3 N–H and O–H groups in total. The first-order valence-electron chi connectivity index (χ1n) is 11.8. The fraction of sp³-hybridized carbons (Fsp3) is 0.750. The molecule has 1 fully saturated rings. The second-order valence-corrected chi connectivity index (χ2v) is 15.3. The van der Waals surface area contributed by atoms with E-state index in [1.807, 2.05) is 6.92 Å². The third-order valence-electron chi connectivity index (χ3n) is 6.98. The molecule has 0 unspecified atom stereocenters. The van der Waals surface area contributed by atoms with E-state index in [9.17, 15) is 24.1 Å². The molecule has 1 aliphatic heterocycles. The molecule has 6 nitrogen and oxygen atoms in total. The summed E-state index contributed by atoms with van der Waals surface area (Å²) in [6.45, 7) is 13.3. The smallest absolute Gasteiger partial charge is 0.192 e. The maximum absolute atomic E-state index is 14.6. The molecule has 1 aromatic carbocycles. The van der Waals surface area contributed by atoms with Crippen LogP contribution in [0.25, 0.3) is 0 Å². The Morgan fingerprint density at radius 2 is 1.70 bits per heavy atom. The van der Waals surface area contributed by atoms with Gasteiger partial charge in [0, 0.05) is 30.8 Å². The minimum Gasteiger partial charge on any atom is -0.493 e. The first kappa shape index (κ1) is 28.1. The maximum Gasteiger partial charge on any atom is 0.192 e. The zero-order valence-electron chi connectivity index (χ0n) is 20.8. The van der Waals surface area contributed by atoms with Crippen LogP contribution in [0.3, 0.4) is 0 Å². The van der Waals surface area contributed by atoms with E-state index in [2.05, 4.69) is 33.9 Å². The first-order chi connectivity index (χ1) is 15.3. The lowest BCUT2D eigenvalue weighted by Gasteiger charge is -2.46. The molecule has 0 aromatic heterocycles. The molecule has 0 bridgehead atoms. The number of aliphatic hydroxyl groups is 3. The number of β-amino-alcohol motifs (C(OH)–C–C–N with tert-alkyl or cyclic N) is 1. The van der Waals surface area contributed by atoms with Gasteiger partial charge < -0.3 is 24.5 Å². The number of halogens is 2. The van der Waals surface area contributed by atoms with Crippen molar-refractivity contribution >= 4 is 8.32 Å². The number of hydrogen-bond donors (Lipinski definition) is 3. The zero-order valence-corrected chi connectivity index (χ0v) is 21.8. The summed E-state index contributed by atoms with van der Waals surface area (Å²) in [5.41, 5.74) is -0.0722. The highest BCUT2D eigenvalue weighted by Crippen LogP contribution is 2.37. The van der Waals surface area contributed by atoms with Gasteiger partial charge in [0.1, 0.15) is 29.6 Å². The van der Waals surface area contributed by atoms with Gasteiger partial charge in [0.25, 0.3) is 0 Å². The summed E-state index contributed by atoms with van der Waals surface area (Å²) in [4.78, 5) is 1.75. The first-order valence-corrected chi connectivity index (χ1v) is 14.7. The molecule has 0 amide bonds. The van der Waals surface area contributed by atoms with Crippen LogP contribution in [0, 0.1) is 11.6 Å². The fourth-order valence-corrected chi connectivity index (χ4v) is 4.64. The van der Waals surface area contributed by atoms with E-state index in [0.717, 1.165) is 12.8 Å². The molecule has 1 aromatic rings. The van der Waals surface area contributed by atoms with Crippen molar-refractivity contribution in [3.05, 3.63) is 29.3 Å². The average Bonchev–Trinajstić information content (AvgIpc) is 2.70. The molecule has 2 rings (SSSR count). The van der Waals surface area contributed by atoms with Crippen LogP contribution in [0.2, 0.25) is 18.1 Å². The largest absolute Gasteiger partial charge is 0.493 e. The number of unbranched alkanes of at least 4 members (excludes halogenated alkanes) is 1. The molecule has 1 heterocycles. The number of benzene rings is 1. The quantitative estimate of drug-likeness (QED) is 0.345. The minimum atomic E-state index is -2.13. The van der Waals surface area contributed by atoms with Gasteiger partial charge in [-0.1, -0.05) is 34.1 Å². The Hall–Kier alpha value is -1.10. The highest BCUT2D eigenvalue weighted by molar-refractivity contribution is 6.74. The second-order valence-electron chi connectivity index (χ2n) is 10.5. The van der Waals surface area contributed by atoms with E-state index < -0.39 is 44.3 Å².